The zero-order valence-corrected chi connectivity index (χ0v) is 14.8. The maximum atomic E-state index is 12.3. The van der Waals surface area contributed by atoms with E-state index in [1.807, 2.05) is 60.7 Å². The second-order valence-electron chi connectivity index (χ2n) is 5.91. The van der Waals surface area contributed by atoms with Gasteiger partial charge in [0, 0.05) is 6.42 Å². The normalized spacial score (nSPS) is 12.7. The number of ether oxygens (including phenoxy) is 2. The molecule has 0 radical (unpaired) electrons. The number of rotatable bonds is 9. The highest BCUT2D eigenvalue weighted by Crippen LogP contribution is 2.07. The Kier molecular flexibility index (Phi) is 8.28. The van der Waals surface area contributed by atoms with Crippen LogP contribution in [0.25, 0.3) is 0 Å². The van der Waals surface area contributed by atoms with Gasteiger partial charge in [-0.05, 0) is 11.1 Å². The number of hydrogen-bond acceptors (Lipinski definition) is 6. The zero-order valence-electron chi connectivity index (χ0n) is 14.8. The molecule has 0 aliphatic heterocycles. The molecule has 0 fully saturated rings. The lowest BCUT2D eigenvalue weighted by molar-refractivity contribution is -0.149. The van der Waals surface area contributed by atoms with Crippen LogP contribution in [0.3, 0.4) is 0 Å². The summed E-state index contributed by atoms with van der Waals surface area (Å²) >= 11 is 0. The first-order chi connectivity index (χ1) is 13.1. The van der Waals surface area contributed by atoms with Gasteiger partial charge in [-0.15, -0.1) is 0 Å². The highest BCUT2D eigenvalue weighted by atomic mass is 16.6. The van der Waals surface area contributed by atoms with E-state index in [4.69, 9.17) is 14.6 Å². The Labute approximate surface area is 157 Å². The molecule has 1 unspecified atom stereocenters. The van der Waals surface area contributed by atoms with Crippen LogP contribution in [0.1, 0.15) is 11.1 Å². The average molecular weight is 373 g/mol. The molecule has 27 heavy (non-hydrogen) atoms. The van der Waals surface area contributed by atoms with E-state index in [2.05, 4.69) is 5.32 Å². The Morgan fingerprint density at radius 1 is 0.926 bits per heavy atom. The van der Waals surface area contributed by atoms with Crippen LogP contribution in [-0.4, -0.2) is 47.6 Å². The molecule has 0 saturated heterocycles. The molecule has 7 heteroatoms. The molecule has 0 aliphatic carbocycles. The molecule has 0 aromatic heterocycles. The summed E-state index contributed by atoms with van der Waals surface area (Å²) < 4.78 is 10.1. The maximum absolute atomic E-state index is 12.3. The Morgan fingerprint density at radius 2 is 1.52 bits per heavy atom. The van der Waals surface area contributed by atoms with Crippen molar-refractivity contribution in [1.82, 2.24) is 5.32 Å². The van der Waals surface area contributed by atoms with Gasteiger partial charge in [0.25, 0.3) is 0 Å². The van der Waals surface area contributed by atoms with Gasteiger partial charge in [-0.2, -0.15) is 0 Å². The van der Waals surface area contributed by atoms with Crippen molar-refractivity contribution < 1.29 is 29.3 Å². The quantitative estimate of drug-likeness (QED) is 0.574. The predicted octanol–water partition coefficient (Wildman–Crippen LogP) is 1.42. The van der Waals surface area contributed by atoms with Crippen LogP contribution in [0.4, 0.5) is 4.79 Å². The predicted molar refractivity (Wildman–Crippen MR) is 97.7 cm³/mol. The molecule has 144 valence electrons. The van der Waals surface area contributed by atoms with Gasteiger partial charge in [-0.25, -0.2) is 9.59 Å². The van der Waals surface area contributed by atoms with Gasteiger partial charge in [0.05, 0.1) is 6.61 Å². The number of carbonyl (C=O) groups is 2. The third-order valence-electron chi connectivity index (χ3n) is 3.70. The zero-order chi connectivity index (χ0) is 19.5. The smallest absolute Gasteiger partial charge is 0.408 e. The van der Waals surface area contributed by atoms with Gasteiger partial charge in [0.15, 0.2) is 0 Å². The Balaban J connectivity index is 1.95. The van der Waals surface area contributed by atoms with Crippen LogP contribution in [0.2, 0.25) is 0 Å². The van der Waals surface area contributed by atoms with Crippen molar-refractivity contribution in [3.8, 4) is 0 Å². The van der Waals surface area contributed by atoms with Crippen LogP contribution in [0.15, 0.2) is 60.7 Å². The number of aliphatic hydroxyl groups is 2. The van der Waals surface area contributed by atoms with Crippen molar-refractivity contribution in [3.63, 3.8) is 0 Å². The van der Waals surface area contributed by atoms with Crippen molar-refractivity contribution in [2.45, 2.75) is 25.2 Å². The Hall–Kier alpha value is -2.90. The Bertz CT molecular complexity index is 707. The summed E-state index contributed by atoms with van der Waals surface area (Å²) in [6.45, 7) is -0.812. The van der Waals surface area contributed by atoms with Crippen molar-refractivity contribution in [1.29, 1.82) is 0 Å². The lowest BCUT2D eigenvalue weighted by Gasteiger charge is -2.18. The Morgan fingerprint density at radius 3 is 2.11 bits per heavy atom. The number of amides is 1. The minimum atomic E-state index is -1.17. The number of benzene rings is 2. The van der Waals surface area contributed by atoms with Crippen LogP contribution in [0, 0.1) is 0 Å². The minimum absolute atomic E-state index is 0.0724. The van der Waals surface area contributed by atoms with E-state index in [0.717, 1.165) is 11.1 Å². The monoisotopic (exact) mass is 373 g/mol. The standard InChI is InChI=1S/C20H23NO6/c22-12-17(23)14-26-19(24)18(11-15-7-3-1-4-8-15)21-20(25)27-13-16-9-5-2-6-10-16/h1-10,17-18,22-23H,11-14H2,(H,21,25)/t17?,18-/m0/s1. The van der Waals surface area contributed by atoms with Crippen molar-refractivity contribution in [3.05, 3.63) is 71.8 Å². The third-order valence-corrected chi connectivity index (χ3v) is 3.70. The topological polar surface area (TPSA) is 105 Å². The molecule has 2 aromatic carbocycles. The number of esters is 1. The SMILES string of the molecule is O=C(N[C@@H](Cc1ccccc1)C(=O)OCC(O)CO)OCc1ccccc1. The van der Waals surface area contributed by atoms with E-state index < -0.39 is 30.8 Å². The summed E-state index contributed by atoms with van der Waals surface area (Å²) in [5, 5.41) is 20.6. The molecule has 7 nitrogen and oxygen atoms in total. The highest BCUT2D eigenvalue weighted by Gasteiger charge is 2.24. The summed E-state index contributed by atoms with van der Waals surface area (Å²) in [7, 11) is 0. The fourth-order valence-electron chi connectivity index (χ4n) is 2.28. The summed E-state index contributed by atoms with van der Waals surface area (Å²) in [5.74, 6) is -0.719. The first kappa shape index (κ1) is 20.4. The van der Waals surface area contributed by atoms with Gasteiger partial charge in [-0.1, -0.05) is 60.7 Å². The number of hydrogen-bond donors (Lipinski definition) is 3. The van der Waals surface area contributed by atoms with E-state index in [1.165, 1.54) is 0 Å². The van der Waals surface area contributed by atoms with E-state index in [9.17, 15) is 14.7 Å². The summed E-state index contributed by atoms with van der Waals surface area (Å²) in [4.78, 5) is 24.4. The second kappa shape index (κ2) is 10.9. The van der Waals surface area contributed by atoms with Gasteiger partial charge in [-0.3, -0.25) is 0 Å². The molecule has 0 saturated carbocycles. The number of alkyl carbamates (subject to hydrolysis) is 1. The molecule has 3 N–H and O–H groups in total. The second-order valence-corrected chi connectivity index (χ2v) is 5.91. The molecule has 0 bridgehead atoms. The maximum Gasteiger partial charge on any atom is 0.408 e. The fraction of sp³-hybridized carbons (Fsp3) is 0.300. The van der Waals surface area contributed by atoms with E-state index >= 15 is 0 Å². The lowest BCUT2D eigenvalue weighted by Crippen LogP contribution is -2.44. The number of nitrogens with one attached hydrogen (secondary N) is 1. The third kappa shape index (κ3) is 7.47. The van der Waals surface area contributed by atoms with Crippen LogP contribution < -0.4 is 5.32 Å². The molecule has 2 aromatic rings. The van der Waals surface area contributed by atoms with Crippen LogP contribution in [-0.2, 0) is 27.3 Å². The number of carbonyl (C=O) groups excluding carboxylic acids is 2. The van der Waals surface area contributed by atoms with E-state index in [1.54, 1.807) is 0 Å². The van der Waals surface area contributed by atoms with Crippen molar-refractivity contribution in [2.75, 3.05) is 13.2 Å². The first-order valence-corrected chi connectivity index (χ1v) is 8.55. The van der Waals surface area contributed by atoms with Crippen LogP contribution in [0.5, 0.6) is 0 Å². The summed E-state index contributed by atoms with van der Waals surface area (Å²) in [5.41, 5.74) is 1.64. The molecule has 2 atom stereocenters. The van der Waals surface area contributed by atoms with Gasteiger partial charge < -0.3 is 25.0 Å². The summed E-state index contributed by atoms with van der Waals surface area (Å²) in [6.07, 6.45) is -1.72. The highest BCUT2D eigenvalue weighted by molar-refractivity contribution is 5.81. The molecule has 1 amide bonds. The van der Waals surface area contributed by atoms with Gasteiger partial charge in [0.2, 0.25) is 0 Å². The minimum Gasteiger partial charge on any atom is -0.461 e. The molecule has 0 spiro atoms. The lowest BCUT2D eigenvalue weighted by atomic mass is 10.1. The van der Waals surface area contributed by atoms with Crippen molar-refractivity contribution >= 4 is 12.1 Å². The first-order valence-electron chi connectivity index (χ1n) is 8.55. The average Bonchev–Trinajstić information content (AvgIpc) is 2.71. The van der Waals surface area contributed by atoms with Crippen molar-refractivity contribution in [2.24, 2.45) is 0 Å². The van der Waals surface area contributed by atoms with Crippen LogP contribution >= 0.6 is 0 Å². The molecule has 0 aliphatic rings. The molecule has 2 rings (SSSR count). The molecular weight excluding hydrogens is 350 g/mol. The van der Waals surface area contributed by atoms with E-state index in [-0.39, 0.29) is 19.6 Å². The summed E-state index contributed by atoms with van der Waals surface area (Å²) in [6, 6.07) is 17.3. The fourth-order valence-corrected chi connectivity index (χ4v) is 2.28. The molecular formula is C20H23NO6. The number of aliphatic hydroxyl groups excluding tert-OH is 2. The largest absolute Gasteiger partial charge is 0.461 e. The molecule has 0 heterocycles. The van der Waals surface area contributed by atoms with E-state index in [0.29, 0.717) is 0 Å². The van der Waals surface area contributed by atoms with Gasteiger partial charge >= 0.3 is 12.1 Å². The van der Waals surface area contributed by atoms with Gasteiger partial charge in [0.1, 0.15) is 25.4 Å².